The first-order valence-electron chi connectivity index (χ1n) is 5.60. The standard InChI is InChI=1S/C13H9FN4O/c14-9-1-3-10(4-2-9)17-13(19)11-5-7-15-12-6-8-16-18(11)12/h1-8H,(H,17,19). The van der Waals surface area contributed by atoms with Crippen molar-refractivity contribution < 1.29 is 9.18 Å². The van der Waals surface area contributed by atoms with E-state index in [1.807, 2.05) is 0 Å². The van der Waals surface area contributed by atoms with Gasteiger partial charge in [-0.2, -0.15) is 5.10 Å². The maximum Gasteiger partial charge on any atom is 0.274 e. The number of anilines is 1. The number of hydrogen-bond donors (Lipinski definition) is 1. The Morgan fingerprint density at radius 3 is 2.68 bits per heavy atom. The summed E-state index contributed by atoms with van der Waals surface area (Å²) in [6.07, 6.45) is 3.10. The van der Waals surface area contributed by atoms with Crippen LogP contribution < -0.4 is 5.32 Å². The Labute approximate surface area is 107 Å². The topological polar surface area (TPSA) is 59.3 Å². The second-order valence-electron chi connectivity index (χ2n) is 3.89. The predicted molar refractivity (Wildman–Crippen MR) is 67.3 cm³/mol. The zero-order valence-corrected chi connectivity index (χ0v) is 9.75. The van der Waals surface area contributed by atoms with Crippen molar-refractivity contribution in [1.82, 2.24) is 14.6 Å². The molecule has 1 N–H and O–H groups in total. The molecule has 0 atom stereocenters. The van der Waals surface area contributed by atoms with E-state index in [1.165, 1.54) is 35.0 Å². The van der Waals surface area contributed by atoms with Gasteiger partial charge in [0.05, 0.1) is 6.20 Å². The summed E-state index contributed by atoms with van der Waals surface area (Å²) in [4.78, 5) is 16.2. The van der Waals surface area contributed by atoms with Crippen molar-refractivity contribution in [2.75, 3.05) is 5.32 Å². The number of aromatic nitrogens is 3. The van der Waals surface area contributed by atoms with Crippen LogP contribution in [0, 0.1) is 5.82 Å². The van der Waals surface area contributed by atoms with Crippen molar-refractivity contribution in [1.29, 1.82) is 0 Å². The molecule has 19 heavy (non-hydrogen) atoms. The first kappa shape index (κ1) is 11.3. The third-order valence-electron chi connectivity index (χ3n) is 2.62. The monoisotopic (exact) mass is 256 g/mol. The molecule has 2 aromatic heterocycles. The summed E-state index contributed by atoms with van der Waals surface area (Å²) >= 11 is 0. The van der Waals surface area contributed by atoms with Crippen LogP contribution >= 0.6 is 0 Å². The van der Waals surface area contributed by atoms with Crippen molar-refractivity contribution in [2.24, 2.45) is 0 Å². The van der Waals surface area contributed by atoms with Gasteiger partial charge in [-0.25, -0.2) is 13.9 Å². The molecule has 0 spiro atoms. The van der Waals surface area contributed by atoms with Gasteiger partial charge in [-0.3, -0.25) is 4.79 Å². The van der Waals surface area contributed by atoms with Gasteiger partial charge in [0.15, 0.2) is 5.65 Å². The fraction of sp³-hybridized carbons (Fsp3) is 0. The number of amides is 1. The van der Waals surface area contributed by atoms with E-state index in [-0.39, 0.29) is 11.7 Å². The molecule has 0 bridgehead atoms. The number of hydrogen-bond acceptors (Lipinski definition) is 3. The van der Waals surface area contributed by atoms with Gasteiger partial charge < -0.3 is 5.32 Å². The van der Waals surface area contributed by atoms with Crippen LogP contribution in [-0.2, 0) is 0 Å². The Kier molecular flexibility index (Phi) is 2.68. The molecule has 0 radical (unpaired) electrons. The second kappa shape index (κ2) is 4.49. The van der Waals surface area contributed by atoms with Crippen LogP contribution in [0.3, 0.4) is 0 Å². The first-order chi connectivity index (χ1) is 9.24. The van der Waals surface area contributed by atoms with Crippen LogP contribution in [0.25, 0.3) is 5.65 Å². The summed E-state index contributed by atoms with van der Waals surface area (Å²) in [6, 6.07) is 8.83. The fourth-order valence-electron chi connectivity index (χ4n) is 1.73. The minimum absolute atomic E-state index is 0.331. The van der Waals surface area contributed by atoms with Gasteiger partial charge in [-0.05, 0) is 30.3 Å². The molecule has 3 rings (SSSR count). The Hall–Kier alpha value is -2.76. The SMILES string of the molecule is O=C(Nc1ccc(F)cc1)c1ccnc2ccnn12. The third kappa shape index (κ3) is 2.15. The van der Waals surface area contributed by atoms with Crippen molar-refractivity contribution in [3.8, 4) is 0 Å². The highest BCUT2D eigenvalue weighted by Gasteiger charge is 2.11. The van der Waals surface area contributed by atoms with E-state index in [1.54, 1.807) is 18.3 Å². The van der Waals surface area contributed by atoms with Gasteiger partial charge in [0.2, 0.25) is 0 Å². The van der Waals surface area contributed by atoms with Gasteiger partial charge in [0.1, 0.15) is 11.5 Å². The quantitative estimate of drug-likeness (QED) is 0.764. The average Bonchev–Trinajstić information content (AvgIpc) is 2.89. The van der Waals surface area contributed by atoms with E-state index in [9.17, 15) is 9.18 Å². The van der Waals surface area contributed by atoms with Gasteiger partial charge in [0.25, 0.3) is 5.91 Å². The summed E-state index contributed by atoms with van der Waals surface area (Å²) in [5, 5.41) is 6.70. The van der Waals surface area contributed by atoms with Gasteiger partial charge in [-0.1, -0.05) is 0 Å². The number of nitrogens with zero attached hydrogens (tertiary/aromatic N) is 3. The van der Waals surface area contributed by atoms with Crippen LogP contribution in [0.15, 0.2) is 48.8 Å². The van der Waals surface area contributed by atoms with E-state index in [0.717, 1.165) is 0 Å². The van der Waals surface area contributed by atoms with E-state index in [2.05, 4.69) is 15.4 Å². The maximum absolute atomic E-state index is 12.8. The lowest BCUT2D eigenvalue weighted by Crippen LogP contribution is -2.16. The molecule has 2 heterocycles. The molecule has 0 fully saturated rings. The first-order valence-corrected chi connectivity index (χ1v) is 5.60. The molecule has 0 aliphatic rings. The van der Waals surface area contributed by atoms with Gasteiger partial charge >= 0.3 is 0 Å². The van der Waals surface area contributed by atoms with Crippen molar-refractivity contribution >= 4 is 17.2 Å². The molecular formula is C13H9FN4O. The van der Waals surface area contributed by atoms with Crippen LogP contribution in [0.1, 0.15) is 10.5 Å². The molecule has 0 aliphatic heterocycles. The van der Waals surface area contributed by atoms with Crippen LogP contribution in [0.2, 0.25) is 0 Å². The van der Waals surface area contributed by atoms with Crippen molar-refractivity contribution in [2.45, 2.75) is 0 Å². The second-order valence-corrected chi connectivity index (χ2v) is 3.89. The molecule has 0 aliphatic carbocycles. The number of benzene rings is 1. The largest absolute Gasteiger partial charge is 0.321 e. The number of carbonyl (C=O) groups excluding carboxylic acids is 1. The lowest BCUT2D eigenvalue weighted by molar-refractivity contribution is 0.102. The zero-order valence-electron chi connectivity index (χ0n) is 9.75. The number of halogens is 1. The van der Waals surface area contributed by atoms with E-state index < -0.39 is 0 Å². The minimum Gasteiger partial charge on any atom is -0.321 e. The minimum atomic E-state index is -0.351. The summed E-state index contributed by atoms with van der Waals surface area (Å²) < 4.78 is 14.2. The number of carbonyl (C=O) groups is 1. The van der Waals surface area contributed by atoms with Crippen LogP contribution in [-0.4, -0.2) is 20.5 Å². The molecule has 0 saturated heterocycles. The van der Waals surface area contributed by atoms with E-state index in [4.69, 9.17) is 0 Å². The lowest BCUT2D eigenvalue weighted by atomic mass is 10.3. The normalized spacial score (nSPS) is 10.6. The average molecular weight is 256 g/mol. The Morgan fingerprint density at radius 1 is 1.11 bits per heavy atom. The Balaban J connectivity index is 1.92. The maximum atomic E-state index is 12.8. The van der Waals surface area contributed by atoms with Crippen molar-refractivity contribution in [3.05, 3.63) is 60.3 Å². The van der Waals surface area contributed by atoms with Crippen LogP contribution in [0.4, 0.5) is 10.1 Å². The molecule has 0 saturated carbocycles. The molecule has 1 aromatic carbocycles. The lowest BCUT2D eigenvalue weighted by Gasteiger charge is -2.06. The van der Waals surface area contributed by atoms with Crippen LogP contribution in [0.5, 0.6) is 0 Å². The van der Waals surface area contributed by atoms with Crippen molar-refractivity contribution in [3.63, 3.8) is 0 Å². The number of rotatable bonds is 2. The predicted octanol–water partition coefficient (Wildman–Crippen LogP) is 2.12. The summed E-state index contributed by atoms with van der Waals surface area (Å²) in [6.45, 7) is 0. The fourth-order valence-corrected chi connectivity index (χ4v) is 1.73. The Bertz CT molecular complexity index is 736. The smallest absolute Gasteiger partial charge is 0.274 e. The Morgan fingerprint density at radius 2 is 1.89 bits per heavy atom. The zero-order chi connectivity index (χ0) is 13.2. The molecule has 0 unspecified atom stereocenters. The highest BCUT2D eigenvalue weighted by atomic mass is 19.1. The molecule has 3 aromatic rings. The highest BCUT2D eigenvalue weighted by molar-refractivity contribution is 6.03. The molecule has 6 heteroatoms. The number of nitrogens with one attached hydrogen (secondary N) is 1. The van der Waals surface area contributed by atoms with E-state index in [0.29, 0.717) is 17.0 Å². The van der Waals surface area contributed by atoms with Gasteiger partial charge in [0, 0.05) is 18.0 Å². The van der Waals surface area contributed by atoms with Gasteiger partial charge in [-0.15, -0.1) is 0 Å². The molecule has 5 nitrogen and oxygen atoms in total. The third-order valence-corrected chi connectivity index (χ3v) is 2.62. The molecule has 94 valence electrons. The molecular weight excluding hydrogens is 247 g/mol. The van der Waals surface area contributed by atoms with E-state index >= 15 is 0 Å². The highest BCUT2D eigenvalue weighted by Crippen LogP contribution is 2.11. The summed E-state index contributed by atoms with van der Waals surface area (Å²) in [5.41, 5.74) is 1.47. The number of fused-ring (bicyclic) bond motifs is 1. The summed E-state index contributed by atoms with van der Waals surface area (Å²) in [5.74, 6) is -0.681. The summed E-state index contributed by atoms with van der Waals surface area (Å²) in [7, 11) is 0. The molecule has 1 amide bonds.